The summed E-state index contributed by atoms with van der Waals surface area (Å²) in [7, 11) is 0. The van der Waals surface area contributed by atoms with E-state index in [4.69, 9.17) is 15.6 Å². The third kappa shape index (κ3) is 4.30. The first-order valence-corrected chi connectivity index (χ1v) is 9.14. The van der Waals surface area contributed by atoms with E-state index in [0.29, 0.717) is 17.0 Å². The zero-order valence-corrected chi connectivity index (χ0v) is 16.1. The van der Waals surface area contributed by atoms with Crippen LogP contribution in [0.15, 0.2) is 65.3 Å². The molecule has 8 nitrogen and oxygen atoms in total. The molecule has 0 aliphatic carbocycles. The molecule has 3 N–H and O–H groups in total. The predicted molar refractivity (Wildman–Crippen MR) is 111 cm³/mol. The molecule has 0 amide bonds. The number of hydrazone groups is 1. The summed E-state index contributed by atoms with van der Waals surface area (Å²) in [5.74, 6) is -1.44. The molecule has 1 aliphatic heterocycles. The number of para-hydroxylation sites is 1. The second-order valence-corrected chi connectivity index (χ2v) is 6.60. The molecule has 3 atom stereocenters. The minimum absolute atomic E-state index is 0.225. The maximum absolute atomic E-state index is 10.9. The fourth-order valence-electron chi connectivity index (χ4n) is 2.94. The second-order valence-electron chi connectivity index (χ2n) is 6.60. The van der Waals surface area contributed by atoms with Gasteiger partial charge in [0, 0.05) is 0 Å². The van der Waals surface area contributed by atoms with Crippen LogP contribution >= 0.6 is 0 Å². The topological polar surface area (TPSA) is 136 Å². The minimum Gasteiger partial charge on any atom is -0.479 e. The number of nitrogens with two attached hydrogens (primary N) is 1. The summed E-state index contributed by atoms with van der Waals surface area (Å²) < 4.78 is 5.30. The Morgan fingerprint density at radius 2 is 1.90 bits per heavy atom. The standard InChI is InChI=1S/C22H19N5O3/c1-14(22(28)29)30-18-9-7-15(8-10-18)11-16(12-23)20-19(13-24)21(25)27(26-20)17-5-3-2-4-6-17/h2-11,14,19,21H,25H2,1H3,(H,28,29)/b16-11-/t14-,19+,21+/m0/s1. The van der Waals surface area contributed by atoms with Gasteiger partial charge in [-0.3, -0.25) is 0 Å². The van der Waals surface area contributed by atoms with Crippen molar-refractivity contribution in [1.29, 1.82) is 10.5 Å². The Balaban J connectivity index is 1.89. The van der Waals surface area contributed by atoms with E-state index in [9.17, 15) is 15.3 Å². The van der Waals surface area contributed by atoms with Crippen molar-refractivity contribution in [3.05, 3.63) is 65.7 Å². The van der Waals surface area contributed by atoms with Crippen LogP contribution in [0.25, 0.3) is 6.08 Å². The van der Waals surface area contributed by atoms with E-state index in [1.165, 1.54) is 6.92 Å². The van der Waals surface area contributed by atoms with E-state index in [1.54, 1.807) is 35.4 Å². The van der Waals surface area contributed by atoms with Crippen LogP contribution in [0.4, 0.5) is 5.69 Å². The van der Waals surface area contributed by atoms with E-state index in [0.717, 1.165) is 5.69 Å². The number of nitriles is 2. The van der Waals surface area contributed by atoms with Crippen LogP contribution in [0.3, 0.4) is 0 Å². The third-order valence-electron chi connectivity index (χ3n) is 4.54. The Labute approximate surface area is 173 Å². The molecule has 0 aromatic heterocycles. The molecular formula is C22H19N5O3. The largest absolute Gasteiger partial charge is 0.479 e. The van der Waals surface area contributed by atoms with Gasteiger partial charge in [-0.05, 0) is 42.8 Å². The molecule has 1 heterocycles. The number of aliphatic carboxylic acids is 1. The molecule has 0 radical (unpaired) electrons. The zero-order chi connectivity index (χ0) is 21.7. The van der Waals surface area contributed by atoms with Crippen LogP contribution in [0.2, 0.25) is 0 Å². The highest BCUT2D eigenvalue weighted by Crippen LogP contribution is 2.29. The molecule has 30 heavy (non-hydrogen) atoms. The van der Waals surface area contributed by atoms with Crippen molar-refractivity contribution in [3.63, 3.8) is 0 Å². The molecule has 0 unspecified atom stereocenters. The summed E-state index contributed by atoms with van der Waals surface area (Å²) in [4.78, 5) is 10.9. The molecule has 0 spiro atoms. The predicted octanol–water partition coefficient (Wildman–Crippen LogP) is 2.75. The van der Waals surface area contributed by atoms with Crippen LogP contribution in [0.1, 0.15) is 12.5 Å². The lowest BCUT2D eigenvalue weighted by Crippen LogP contribution is -2.40. The number of carboxylic acid groups (broad SMARTS) is 1. The van der Waals surface area contributed by atoms with Gasteiger partial charge in [-0.1, -0.05) is 30.3 Å². The first kappa shape index (κ1) is 20.6. The number of hydrogen-bond acceptors (Lipinski definition) is 7. The number of nitrogens with zero attached hydrogens (tertiary/aromatic N) is 4. The average molecular weight is 401 g/mol. The van der Waals surface area contributed by atoms with Gasteiger partial charge in [0.25, 0.3) is 0 Å². The Morgan fingerprint density at radius 1 is 1.23 bits per heavy atom. The molecule has 0 bridgehead atoms. The second kappa shape index (κ2) is 8.91. The van der Waals surface area contributed by atoms with Gasteiger partial charge in [0.2, 0.25) is 0 Å². The van der Waals surface area contributed by atoms with Crippen molar-refractivity contribution in [3.8, 4) is 17.9 Å². The zero-order valence-electron chi connectivity index (χ0n) is 16.1. The monoisotopic (exact) mass is 401 g/mol. The number of carboxylic acids is 1. The first-order chi connectivity index (χ1) is 14.4. The molecule has 0 saturated carbocycles. The van der Waals surface area contributed by atoms with Crippen LogP contribution in [0, 0.1) is 28.6 Å². The fraction of sp³-hybridized carbons (Fsp3) is 0.182. The summed E-state index contributed by atoms with van der Waals surface area (Å²) in [6.07, 6.45) is -0.0809. The van der Waals surface area contributed by atoms with Gasteiger partial charge >= 0.3 is 5.97 Å². The van der Waals surface area contributed by atoms with Gasteiger partial charge in [-0.2, -0.15) is 15.6 Å². The fourth-order valence-corrected chi connectivity index (χ4v) is 2.94. The van der Waals surface area contributed by atoms with Crippen LogP contribution < -0.4 is 15.5 Å². The lowest BCUT2D eigenvalue weighted by molar-refractivity contribution is -0.144. The van der Waals surface area contributed by atoms with E-state index >= 15 is 0 Å². The smallest absolute Gasteiger partial charge is 0.344 e. The van der Waals surface area contributed by atoms with Crippen molar-refractivity contribution < 1.29 is 14.6 Å². The molecule has 2 aromatic carbocycles. The molecule has 3 rings (SSSR count). The Hall–Kier alpha value is -4.14. The Bertz CT molecular complexity index is 1060. The highest BCUT2D eigenvalue weighted by Gasteiger charge is 2.37. The maximum atomic E-state index is 10.9. The van der Waals surface area contributed by atoms with Gasteiger partial charge in [0.05, 0.1) is 23.0 Å². The highest BCUT2D eigenvalue weighted by atomic mass is 16.5. The number of allylic oxidation sites excluding steroid dienone is 1. The Kier molecular flexibility index (Phi) is 6.11. The molecule has 1 aliphatic rings. The van der Waals surface area contributed by atoms with Crippen LogP contribution in [0.5, 0.6) is 5.75 Å². The summed E-state index contributed by atoms with van der Waals surface area (Å²) >= 11 is 0. The quantitative estimate of drug-likeness (QED) is 0.710. The lowest BCUT2D eigenvalue weighted by Gasteiger charge is -2.21. The van der Waals surface area contributed by atoms with Crippen molar-refractivity contribution in [2.75, 3.05) is 5.01 Å². The van der Waals surface area contributed by atoms with Crippen molar-refractivity contribution >= 4 is 23.4 Å². The number of benzene rings is 2. The van der Waals surface area contributed by atoms with Gasteiger partial charge in [0.15, 0.2) is 6.10 Å². The van der Waals surface area contributed by atoms with Gasteiger partial charge in [0.1, 0.15) is 23.9 Å². The van der Waals surface area contributed by atoms with E-state index in [-0.39, 0.29) is 5.57 Å². The summed E-state index contributed by atoms with van der Waals surface area (Å²) in [6.45, 7) is 1.44. The normalized spacial score (nSPS) is 19.4. The maximum Gasteiger partial charge on any atom is 0.344 e. The molecule has 2 aromatic rings. The van der Waals surface area contributed by atoms with Crippen LogP contribution in [-0.4, -0.2) is 29.1 Å². The summed E-state index contributed by atoms with van der Waals surface area (Å²) in [5.41, 5.74) is 8.15. The minimum atomic E-state index is -1.06. The average Bonchev–Trinajstić information content (AvgIpc) is 3.09. The number of rotatable bonds is 6. The van der Waals surface area contributed by atoms with Crippen molar-refractivity contribution in [1.82, 2.24) is 0 Å². The van der Waals surface area contributed by atoms with E-state index in [1.807, 2.05) is 30.3 Å². The van der Waals surface area contributed by atoms with E-state index < -0.39 is 24.2 Å². The third-order valence-corrected chi connectivity index (χ3v) is 4.54. The van der Waals surface area contributed by atoms with E-state index in [2.05, 4.69) is 17.2 Å². The number of hydrogen-bond donors (Lipinski definition) is 2. The van der Waals surface area contributed by atoms with Crippen molar-refractivity contribution in [2.45, 2.75) is 19.2 Å². The molecule has 0 fully saturated rings. The van der Waals surface area contributed by atoms with Crippen LogP contribution in [-0.2, 0) is 4.79 Å². The van der Waals surface area contributed by atoms with Gasteiger partial charge < -0.3 is 15.6 Å². The first-order valence-electron chi connectivity index (χ1n) is 9.14. The summed E-state index contributed by atoms with van der Waals surface area (Å²) in [5, 5.41) is 34.2. The number of anilines is 1. The number of ether oxygens (including phenoxy) is 1. The Morgan fingerprint density at radius 3 is 2.47 bits per heavy atom. The lowest BCUT2D eigenvalue weighted by atomic mass is 9.95. The number of carbonyl (C=O) groups is 1. The summed E-state index contributed by atoms with van der Waals surface area (Å²) in [6, 6.07) is 20.0. The van der Waals surface area contributed by atoms with Gasteiger partial charge in [-0.15, -0.1) is 0 Å². The van der Waals surface area contributed by atoms with Crippen molar-refractivity contribution in [2.24, 2.45) is 16.8 Å². The molecule has 0 saturated heterocycles. The highest BCUT2D eigenvalue weighted by molar-refractivity contribution is 6.11. The SMILES string of the molecule is C[C@H](Oc1ccc(/C=C(/C#N)C2=NN(c3ccccc3)[C@@H](N)[C@@H]2C#N)cc1)C(=O)O. The molecular weight excluding hydrogens is 382 g/mol. The van der Waals surface area contributed by atoms with Gasteiger partial charge in [-0.25, -0.2) is 9.80 Å². The molecule has 8 heteroatoms. The molecule has 150 valence electrons.